The molecule has 1 unspecified atom stereocenters. The summed E-state index contributed by atoms with van der Waals surface area (Å²) < 4.78 is 10.9. The van der Waals surface area contributed by atoms with Crippen LogP contribution in [0.25, 0.3) is 0 Å². The standard InChI is InChI=1S/C5H9O.Al.ClH.H2N.H/c1-2-4-6-5-3-1;;;;/h4H,1-3,5H2;;1H;1H2;/q;+1;;-1;. The van der Waals surface area contributed by atoms with Crippen molar-refractivity contribution in [1.82, 2.24) is 0 Å². The lowest BCUT2D eigenvalue weighted by molar-refractivity contribution is 0.0650. The summed E-state index contributed by atoms with van der Waals surface area (Å²) in [6.45, 7) is 0.953. The van der Waals surface area contributed by atoms with Gasteiger partial charge in [0.1, 0.15) is 0 Å². The lowest BCUT2D eigenvalue weighted by Gasteiger charge is -2.19. The van der Waals surface area contributed by atoms with Gasteiger partial charge >= 0.3 is 15.4 Å². The Bertz CT molecular complexity index is 68.0. The number of ether oxygens (including phenoxy) is 1. The van der Waals surface area contributed by atoms with E-state index in [1.807, 2.05) is 0 Å². The van der Waals surface area contributed by atoms with Crippen molar-refractivity contribution >= 4 is 27.8 Å². The molecule has 1 heterocycles. The van der Waals surface area contributed by atoms with Crippen LogP contribution < -0.4 is 4.72 Å². The molecule has 1 fully saturated rings. The lowest BCUT2D eigenvalue weighted by atomic mass is 10.2. The third-order valence-corrected chi connectivity index (χ3v) is 2.71. The highest BCUT2D eigenvalue weighted by molar-refractivity contribution is 6.32. The van der Waals surface area contributed by atoms with Gasteiger partial charge in [0.05, 0.1) is 0 Å². The number of nitrogens with two attached hydrogens (primary N) is 1. The molecule has 0 aromatic heterocycles. The molecule has 1 rings (SSSR count). The van der Waals surface area contributed by atoms with Gasteiger partial charge < -0.3 is 9.45 Å². The average Bonchev–Trinajstić information content (AvgIpc) is 1.90. The summed E-state index contributed by atoms with van der Waals surface area (Å²) >= 11 is -0.354. The number of hydrogen-bond acceptors (Lipinski definition) is 2. The summed E-state index contributed by atoms with van der Waals surface area (Å²) in [7, 11) is 0. The normalized spacial score (nSPS) is 26.6. The first-order valence-electron chi connectivity index (χ1n) is 3.25. The predicted molar refractivity (Wildman–Crippen MR) is 42.2 cm³/mol. The van der Waals surface area contributed by atoms with Gasteiger partial charge in [0.2, 0.25) is 0 Å². The molecule has 54 valence electrons. The summed E-state index contributed by atoms with van der Waals surface area (Å²) in [6.07, 6.45) is 3.79. The van der Waals surface area contributed by atoms with E-state index >= 15 is 0 Å². The van der Waals surface area contributed by atoms with E-state index in [-0.39, 0.29) is 27.8 Å². The molecule has 0 aromatic carbocycles. The maximum atomic E-state index is 5.52. The van der Waals surface area contributed by atoms with Gasteiger partial charge in [-0.2, -0.15) is 0 Å². The number of rotatable bonds is 1. The van der Waals surface area contributed by atoms with Crippen LogP contribution >= 0.6 is 12.4 Å². The highest BCUT2D eigenvalue weighted by Gasteiger charge is 2.12. The first-order valence-corrected chi connectivity index (χ1v) is 4.88. The molecule has 0 spiro atoms. The Morgan fingerprint density at radius 3 is 2.56 bits per heavy atom. The van der Waals surface area contributed by atoms with Gasteiger partial charge in [0.15, 0.2) is 0 Å². The van der Waals surface area contributed by atoms with Crippen molar-refractivity contribution in [2.75, 3.05) is 6.61 Å². The molecule has 0 saturated carbocycles. The van der Waals surface area contributed by atoms with Crippen molar-refractivity contribution in [2.24, 2.45) is 4.72 Å². The quantitative estimate of drug-likeness (QED) is 0.566. The molecule has 0 radical (unpaired) electrons. The molecule has 1 atom stereocenters. The molecule has 2 nitrogen and oxygen atoms in total. The Kier molecular flexibility index (Phi) is 5.98. The van der Waals surface area contributed by atoms with Crippen LogP contribution in [0.15, 0.2) is 0 Å². The minimum Gasteiger partial charge on any atom is -0.414 e. The fourth-order valence-corrected chi connectivity index (χ4v) is 1.82. The second kappa shape index (κ2) is 5.52. The van der Waals surface area contributed by atoms with Crippen molar-refractivity contribution in [2.45, 2.75) is 24.2 Å². The molecule has 0 aromatic rings. The summed E-state index contributed by atoms with van der Waals surface area (Å²) in [6, 6.07) is 0. The monoisotopic (exact) mass is 165 g/mol. The largest absolute Gasteiger partial charge is 0.414 e. The van der Waals surface area contributed by atoms with Crippen LogP contribution in [0.1, 0.15) is 19.3 Å². The molecule has 4 heteroatoms. The third kappa shape index (κ3) is 3.44. The topological polar surface area (TPSA) is 35.2 Å². The van der Waals surface area contributed by atoms with Gasteiger partial charge in [-0.1, -0.05) is 0 Å². The first-order chi connectivity index (χ1) is 3.93. The van der Waals surface area contributed by atoms with Gasteiger partial charge in [-0.05, 0) is 19.3 Å². The summed E-state index contributed by atoms with van der Waals surface area (Å²) in [5.41, 5.74) is 0. The average molecular weight is 166 g/mol. The van der Waals surface area contributed by atoms with Crippen molar-refractivity contribution in [3.05, 3.63) is 0 Å². The summed E-state index contributed by atoms with van der Waals surface area (Å²) in [5.74, 6) is 0. The van der Waals surface area contributed by atoms with E-state index in [1.165, 1.54) is 19.3 Å². The maximum absolute atomic E-state index is 5.52. The van der Waals surface area contributed by atoms with E-state index in [9.17, 15) is 0 Å². The van der Waals surface area contributed by atoms with Gasteiger partial charge in [0.25, 0.3) is 0 Å². The van der Waals surface area contributed by atoms with E-state index in [0.717, 1.165) is 6.61 Å². The molecule has 2 N–H and O–H groups in total. The van der Waals surface area contributed by atoms with Crippen LogP contribution in [-0.4, -0.2) is 27.0 Å². The second-order valence-electron chi connectivity index (χ2n) is 2.22. The van der Waals surface area contributed by atoms with Gasteiger partial charge in [-0.25, -0.2) is 0 Å². The van der Waals surface area contributed by atoms with Crippen molar-refractivity contribution < 1.29 is 4.74 Å². The van der Waals surface area contributed by atoms with Crippen LogP contribution in [0.5, 0.6) is 0 Å². The van der Waals surface area contributed by atoms with E-state index in [0.29, 0.717) is 4.97 Å². The third-order valence-electron chi connectivity index (χ3n) is 1.54. The molecular formula is C5H13AlClNO. The van der Waals surface area contributed by atoms with Crippen molar-refractivity contribution in [1.29, 1.82) is 0 Å². The molecule has 1 aliphatic heterocycles. The Balaban J connectivity index is 0.000000640. The zero-order valence-corrected chi connectivity index (χ0v) is 7.74. The van der Waals surface area contributed by atoms with Gasteiger partial charge in [-0.15, -0.1) is 12.4 Å². The smallest absolute Gasteiger partial charge is 0.379 e. The van der Waals surface area contributed by atoms with Crippen LogP contribution in [0.4, 0.5) is 0 Å². The second-order valence-corrected chi connectivity index (χ2v) is 3.61. The highest BCUT2D eigenvalue weighted by atomic mass is 35.5. The zero-order chi connectivity index (χ0) is 5.82. The number of halogens is 1. The minimum absolute atomic E-state index is 0. The highest BCUT2D eigenvalue weighted by Crippen LogP contribution is 2.09. The number of hydrogen-bond donors (Lipinski definition) is 1. The van der Waals surface area contributed by atoms with E-state index in [4.69, 9.17) is 9.45 Å². The van der Waals surface area contributed by atoms with E-state index in [2.05, 4.69) is 0 Å². The van der Waals surface area contributed by atoms with Crippen LogP contribution in [-0.2, 0) is 4.74 Å². The minimum atomic E-state index is -0.354. The Morgan fingerprint density at radius 1 is 1.44 bits per heavy atom. The first kappa shape index (κ1) is 9.74. The summed E-state index contributed by atoms with van der Waals surface area (Å²) in [4.78, 5) is 0.503. The van der Waals surface area contributed by atoms with E-state index < -0.39 is 0 Å². The molecular weight excluding hydrogens is 152 g/mol. The maximum Gasteiger partial charge on any atom is 0.379 e. The molecule has 1 aliphatic rings. The zero-order valence-electron chi connectivity index (χ0n) is 5.51. The van der Waals surface area contributed by atoms with E-state index in [1.54, 1.807) is 0 Å². The SMILES string of the molecule is Cl.[NH2][AlH][CH]1CCCCO1. The van der Waals surface area contributed by atoms with Crippen LogP contribution in [0.2, 0.25) is 0 Å². The van der Waals surface area contributed by atoms with Crippen molar-refractivity contribution in [3.63, 3.8) is 0 Å². The lowest BCUT2D eigenvalue weighted by Crippen LogP contribution is -2.30. The molecule has 0 bridgehead atoms. The van der Waals surface area contributed by atoms with Gasteiger partial charge in [0, 0.05) is 11.6 Å². The molecule has 0 aliphatic carbocycles. The molecule has 0 amide bonds. The Morgan fingerprint density at radius 2 is 2.22 bits per heavy atom. The molecule has 1 saturated heterocycles. The Labute approximate surface area is 68.5 Å². The predicted octanol–water partition coefficient (Wildman–Crippen LogP) is 0.245. The van der Waals surface area contributed by atoms with Crippen LogP contribution in [0, 0.1) is 0 Å². The molecule has 9 heavy (non-hydrogen) atoms. The van der Waals surface area contributed by atoms with Crippen LogP contribution in [0.3, 0.4) is 0 Å². The fraction of sp³-hybridized carbons (Fsp3) is 1.00. The summed E-state index contributed by atoms with van der Waals surface area (Å²) in [5, 5.41) is 0. The van der Waals surface area contributed by atoms with Crippen molar-refractivity contribution in [3.8, 4) is 0 Å². The Hall–Kier alpha value is 0.742. The fourth-order valence-electron chi connectivity index (χ4n) is 0.993. The van der Waals surface area contributed by atoms with Gasteiger partial charge in [-0.3, -0.25) is 0 Å².